The van der Waals surface area contributed by atoms with Gasteiger partial charge in [0.05, 0.1) is 11.1 Å². The summed E-state index contributed by atoms with van der Waals surface area (Å²) in [7, 11) is 0. The molecule has 0 unspecified atom stereocenters. The molecule has 2 amide bonds. The van der Waals surface area contributed by atoms with Gasteiger partial charge in [-0.3, -0.25) is 9.59 Å². The van der Waals surface area contributed by atoms with Crippen LogP contribution in [-0.2, 0) is 4.79 Å². The molecule has 110 valence electrons. The lowest BCUT2D eigenvalue weighted by molar-refractivity contribution is -0.120. The summed E-state index contributed by atoms with van der Waals surface area (Å²) >= 11 is 5.94. The Morgan fingerprint density at radius 2 is 2.00 bits per heavy atom. The summed E-state index contributed by atoms with van der Waals surface area (Å²) < 4.78 is 0. The molecule has 5 nitrogen and oxygen atoms in total. The van der Waals surface area contributed by atoms with E-state index >= 15 is 0 Å². The smallest absolute Gasteiger partial charge is 0.252 e. The van der Waals surface area contributed by atoms with Crippen molar-refractivity contribution >= 4 is 34.3 Å². The lowest BCUT2D eigenvalue weighted by Crippen LogP contribution is -2.30. The SMILES string of the molecule is CCNC(=O)CCNC(=O)c1cc(Cl)nc2ccccc12. The zero-order valence-electron chi connectivity index (χ0n) is 11.6. The number of halogens is 1. The number of amides is 2. The van der Waals surface area contributed by atoms with Crippen molar-refractivity contribution in [2.75, 3.05) is 13.1 Å². The number of nitrogens with zero attached hydrogens (tertiary/aromatic N) is 1. The lowest BCUT2D eigenvalue weighted by Gasteiger charge is -2.08. The van der Waals surface area contributed by atoms with Crippen LogP contribution in [0.15, 0.2) is 30.3 Å². The van der Waals surface area contributed by atoms with Gasteiger partial charge in [-0.2, -0.15) is 0 Å². The van der Waals surface area contributed by atoms with E-state index in [-0.39, 0.29) is 29.9 Å². The summed E-state index contributed by atoms with van der Waals surface area (Å²) in [5, 5.41) is 6.40. The van der Waals surface area contributed by atoms with Crippen LogP contribution in [0.3, 0.4) is 0 Å². The minimum Gasteiger partial charge on any atom is -0.356 e. The number of aromatic nitrogens is 1. The largest absolute Gasteiger partial charge is 0.356 e. The molecule has 0 atom stereocenters. The third-order valence-electron chi connectivity index (χ3n) is 2.94. The Labute approximate surface area is 127 Å². The molecule has 6 heteroatoms. The number of pyridine rings is 1. The summed E-state index contributed by atoms with van der Waals surface area (Å²) in [6.45, 7) is 2.71. The van der Waals surface area contributed by atoms with Crippen molar-refractivity contribution in [3.8, 4) is 0 Å². The van der Waals surface area contributed by atoms with E-state index in [1.165, 1.54) is 6.07 Å². The van der Waals surface area contributed by atoms with Crippen LogP contribution in [0.5, 0.6) is 0 Å². The molecule has 0 aliphatic carbocycles. The Bertz CT molecular complexity index is 673. The predicted octanol–water partition coefficient (Wildman–Crippen LogP) is 2.14. The average Bonchev–Trinajstić information content (AvgIpc) is 2.46. The van der Waals surface area contributed by atoms with Gasteiger partial charge >= 0.3 is 0 Å². The zero-order valence-corrected chi connectivity index (χ0v) is 12.4. The third-order valence-corrected chi connectivity index (χ3v) is 3.13. The first-order chi connectivity index (χ1) is 10.1. The molecule has 1 heterocycles. The van der Waals surface area contributed by atoms with Crippen LogP contribution in [-0.4, -0.2) is 29.9 Å². The van der Waals surface area contributed by atoms with Gasteiger partial charge in [0, 0.05) is 24.9 Å². The van der Waals surface area contributed by atoms with Crippen LogP contribution in [0.4, 0.5) is 0 Å². The topological polar surface area (TPSA) is 71.1 Å². The molecule has 0 fully saturated rings. The number of carbonyl (C=O) groups is 2. The van der Waals surface area contributed by atoms with E-state index in [4.69, 9.17) is 11.6 Å². The molecule has 1 aromatic heterocycles. The average molecular weight is 306 g/mol. The number of fused-ring (bicyclic) bond motifs is 1. The molecule has 0 saturated heterocycles. The van der Waals surface area contributed by atoms with Crippen molar-refractivity contribution in [2.45, 2.75) is 13.3 Å². The number of hydrogen-bond donors (Lipinski definition) is 2. The van der Waals surface area contributed by atoms with Gasteiger partial charge in [-0.1, -0.05) is 29.8 Å². The molecule has 0 aliphatic heterocycles. The summed E-state index contributed by atoms with van der Waals surface area (Å²) in [5.74, 6) is -0.352. The van der Waals surface area contributed by atoms with E-state index in [0.29, 0.717) is 17.6 Å². The Hall–Kier alpha value is -2.14. The van der Waals surface area contributed by atoms with Gasteiger partial charge in [-0.15, -0.1) is 0 Å². The van der Waals surface area contributed by atoms with Gasteiger partial charge in [0.2, 0.25) is 5.91 Å². The van der Waals surface area contributed by atoms with Crippen LogP contribution in [0.2, 0.25) is 5.15 Å². The number of rotatable bonds is 5. The van der Waals surface area contributed by atoms with Crippen molar-refractivity contribution in [2.24, 2.45) is 0 Å². The molecule has 0 bridgehead atoms. The van der Waals surface area contributed by atoms with Crippen LogP contribution in [0, 0.1) is 0 Å². The highest BCUT2D eigenvalue weighted by Gasteiger charge is 2.12. The zero-order chi connectivity index (χ0) is 15.2. The summed E-state index contributed by atoms with van der Waals surface area (Å²) in [5.41, 5.74) is 1.13. The van der Waals surface area contributed by atoms with E-state index < -0.39 is 0 Å². The molecular formula is C15H16ClN3O2. The minimum atomic E-state index is -0.264. The van der Waals surface area contributed by atoms with E-state index in [1.54, 1.807) is 6.07 Å². The molecule has 0 radical (unpaired) electrons. The van der Waals surface area contributed by atoms with Gasteiger partial charge in [-0.05, 0) is 19.1 Å². The van der Waals surface area contributed by atoms with Crippen LogP contribution < -0.4 is 10.6 Å². The Kier molecular flexibility index (Phi) is 5.11. The molecule has 21 heavy (non-hydrogen) atoms. The van der Waals surface area contributed by atoms with E-state index in [0.717, 1.165) is 5.39 Å². The van der Waals surface area contributed by atoms with Crippen LogP contribution in [0.1, 0.15) is 23.7 Å². The van der Waals surface area contributed by atoms with Gasteiger partial charge in [0.15, 0.2) is 0 Å². The molecule has 0 aliphatic rings. The van der Waals surface area contributed by atoms with Crippen molar-refractivity contribution in [3.05, 3.63) is 41.0 Å². The van der Waals surface area contributed by atoms with Gasteiger partial charge in [0.1, 0.15) is 5.15 Å². The highest BCUT2D eigenvalue weighted by molar-refractivity contribution is 6.30. The van der Waals surface area contributed by atoms with Gasteiger partial charge < -0.3 is 10.6 Å². The maximum atomic E-state index is 12.2. The monoisotopic (exact) mass is 305 g/mol. The fourth-order valence-electron chi connectivity index (χ4n) is 2.00. The third kappa shape index (κ3) is 3.92. The summed E-state index contributed by atoms with van der Waals surface area (Å²) in [6.07, 6.45) is 0.246. The molecule has 0 saturated carbocycles. The second-order valence-electron chi connectivity index (χ2n) is 4.47. The fourth-order valence-corrected chi connectivity index (χ4v) is 2.20. The number of para-hydroxylation sites is 1. The Balaban J connectivity index is 2.11. The van der Waals surface area contributed by atoms with Crippen molar-refractivity contribution in [1.29, 1.82) is 0 Å². The van der Waals surface area contributed by atoms with Crippen molar-refractivity contribution < 1.29 is 9.59 Å². The highest BCUT2D eigenvalue weighted by atomic mass is 35.5. The highest BCUT2D eigenvalue weighted by Crippen LogP contribution is 2.20. The molecule has 0 spiro atoms. The van der Waals surface area contributed by atoms with Crippen molar-refractivity contribution in [3.63, 3.8) is 0 Å². The standard InChI is InChI=1S/C15H16ClN3O2/c1-2-17-14(20)7-8-18-15(21)11-9-13(16)19-12-6-4-3-5-10(11)12/h3-6,9H,2,7-8H2,1H3,(H,17,20)(H,18,21). The molecular weight excluding hydrogens is 290 g/mol. The Morgan fingerprint density at radius 3 is 2.76 bits per heavy atom. The van der Waals surface area contributed by atoms with E-state index in [1.807, 2.05) is 25.1 Å². The van der Waals surface area contributed by atoms with Crippen LogP contribution >= 0.6 is 11.6 Å². The lowest BCUT2D eigenvalue weighted by atomic mass is 10.1. The summed E-state index contributed by atoms with van der Waals surface area (Å²) in [4.78, 5) is 27.7. The second kappa shape index (κ2) is 7.04. The number of benzene rings is 1. The molecule has 1 aromatic carbocycles. The Morgan fingerprint density at radius 1 is 1.24 bits per heavy atom. The maximum Gasteiger partial charge on any atom is 0.252 e. The first kappa shape index (κ1) is 15.3. The predicted molar refractivity (Wildman–Crippen MR) is 82.4 cm³/mol. The van der Waals surface area contributed by atoms with Gasteiger partial charge in [0.25, 0.3) is 5.91 Å². The molecule has 2 aromatic rings. The van der Waals surface area contributed by atoms with Crippen LogP contribution in [0.25, 0.3) is 10.9 Å². The minimum absolute atomic E-state index is 0.0876. The fraction of sp³-hybridized carbons (Fsp3) is 0.267. The van der Waals surface area contributed by atoms with Crippen molar-refractivity contribution in [1.82, 2.24) is 15.6 Å². The number of nitrogens with one attached hydrogen (secondary N) is 2. The van der Waals surface area contributed by atoms with Gasteiger partial charge in [-0.25, -0.2) is 4.98 Å². The molecule has 2 N–H and O–H groups in total. The molecule has 2 rings (SSSR count). The number of hydrogen-bond acceptors (Lipinski definition) is 3. The summed E-state index contributed by atoms with van der Waals surface area (Å²) in [6, 6.07) is 8.82. The quantitative estimate of drug-likeness (QED) is 0.831. The van der Waals surface area contributed by atoms with E-state index in [9.17, 15) is 9.59 Å². The number of carbonyl (C=O) groups excluding carboxylic acids is 2. The van der Waals surface area contributed by atoms with E-state index in [2.05, 4.69) is 15.6 Å². The first-order valence-corrected chi connectivity index (χ1v) is 7.09. The first-order valence-electron chi connectivity index (χ1n) is 6.72. The maximum absolute atomic E-state index is 12.2. The second-order valence-corrected chi connectivity index (χ2v) is 4.86. The normalized spacial score (nSPS) is 10.4.